The maximum Gasteiger partial charge on any atom is 0.0636 e. The van der Waals surface area contributed by atoms with E-state index in [9.17, 15) is 0 Å². The Morgan fingerprint density at radius 2 is 1.47 bits per heavy atom. The summed E-state index contributed by atoms with van der Waals surface area (Å²) in [5, 5.41) is 0. The van der Waals surface area contributed by atoms with Crippen LogP contribution in [0.5, 0.6) is 0 Å². The van der Waals surface area contributed by atoms with E-state index in [1.165, 1.54) is 0 Å². The first-order valence-electron chi connectivity index (χ1n) is 5.02. The maximum absolute atomic E-state index is 6.35. The Labute approximate surface area is 90.6 Å². The van der Waals surface area contributed by atoms with Crippen molar-refractivity contribution in [3.8, 4) is 0 Å². The molecule has 75 valence electrons. The van der Waals surface area contributed by atoms with Gasteiger partial charge in [0.2, 0.25) is 0 Å². The van der Waals surface area contributed by atoms with E-state index in [0.717, 1.165) is 11.1 Å². The highest BCUT2D eigenvalue weighted by atomic mass is 14.7. The average molecular weight is 196 g/mol. The predicted octanol–water partition coefficient (Wildman–Crippen LogP) is 2.71. The number of hydrogen-bond acceptors (Lipinski definition) is 1. The van der Waals surface area contributed by atoms with E-state index in [1.807, 2.05) is 49.4 Å². The van der Waals surface area contributed by atoms with Gasteiger partial charge in [0.15, 0.2) is 0 Å². The molecule has 0 aliphatic heterocycles. The molecule has 1 radical (unpaired) electrons. The molecule has 0 heterocycles. The summed E-state index contributed by atoms with van der Waals surface area (Å²) >= 11 is 0. The van der Waals surface area contributed by atoms with Crippen LogP contribution in [-0.4, -0.2) is 0 Å². The molecule has 1 atom stereocenters. The van der Waals surface area contributed by atoms with E-state index < -0.39 is 5.54 Å². The molecule has 2 rings (SSSR count). The highest BCUT2D eigenvalue weighted by Crippen LogP contribution is 2.25. The fourth-order valence-corrected chi connectivity index (χ4v) is 1.68. The molecule has 2 aromatic carbocycles. The van der Waals surface area contributed by atoms with E-state index in [2.05, 4.69) is 18.2 Å². The monoisotopic (exact) mass is 196 g/mol. The maximum atomic E-state index is 6.35. The third-order valence-corrected chi connectivity index (χ3v) is 2.69. The lowest BCUT2D eigenvalue weighted by molar-refractivity contribution is 0.603. The molecule has 0 spiro atoms. The summed E-state index contributed by atoms with van der Waals surface area (Å²) in [6.45, 7) is 2.03. The van der Waals surface area contributed by atoms with Gasteiger partial charge in [-0.1, -0.05) is 54.6 Å². The average Bonchev–Trinajstić information content (AvgIpc) is 2.31. The molecule has 2 aromatic rings. The molecule has 0 bridgehead atoms. The summed E-state index contributed by atoms with van der Waals surface area (Å²) in [7, 11) is 0. The van der Waals surface area contributed by atoms with Gasteiger partial charge in [0.05, 0.1) is 5.54 Å². The summed E-state index contributed by atoms with van der Waals surface area (Å²) in [5.41, 5.74) is 8.14. The van der Waals surface area contributed by atoms with Gasteiger partial charge in [0.25, 0.3) is 0 Å². The Kier molecular flexibility index (Phi) is 2.57. The zero-order chi connectivity index (χ0) is 10.7. The molecular weight excluding hydrogens is 182 g/mol. The van der Waals surface area contributed by atoms with Crippen LogP contribution in [0.25, 0.3) is 0 Å². The predicted molar refractivity (Wildman–Crippen MR) is 62.4 cm³/mol. The minimum atomic E-state index is -0.434. The van der Waals surface area contributed by atoms with Crippen molar-refractivity contribution < 1.29 is 0 Å². The van der Waals surface area contributed by atoms with Gasteiger partial charge in [-0.3, -0.25) is 0 Å². The van der Waals surface area contributed by atoms with Crippen molar-refractivity contribution in [2.45, 2.75) is 12.5 Å². The Bertz CT molecular complexity index is 376. The zero-order valence-corrected chi connectivity index (χ0v) is 8.77. The fourth-order valence-electron chi connectivity index (χ4n) is 1.68. The van der Waals surface area contributed by atoms with Gasteiger partial charge in [0.1, 0.15) is 0 Å². The standard InChI is InChI=1S/C14H14N/c1-14(15,12-8-4-2-5-9-12)13-10-6-3-7-11-13/h2,4-11H,15H2,1H3. The second-order valence-corrected chi connectivity index (χ2v) is 3.86. The molecule has 2 N–H and O–H groups in total. The third-order valence-electron chi connectivity index (χ3n) is 2.69. The van der Waals surface area contributed by atoms with Gasteiger partial charge in [-0.2, -0.15) is 0 Å². The Morgan fingerprint density at radius 3 is 2.07 bits per heavy atom. The molecular formula is C14H14N. The van der Waals surface area contributed by atoms with E-state index >= 15 is 0 Å². The van der Waals surface area contributed by atoms with Gasteiger partial charge in [0, 0.05) is 0 Å². The van der Waals surface area contributed by atoms with Crippen molar-refractivity contribution in [3.63, 3.8) is 0 Å². The Hall–Kier alpha value is -1.60. The molecule has 0 fully saturated rings. The van der Waals surface area contributed by atoms with E-state index in [0.29, 0.717) is 0 Å². The summed E-state index contributed by atoms with van der Waals surface area (Å²) in [4.78, 5) is 0. The smallest absolute Gasteiger partial charge is 0.0636 e. The molecule has 1 heteroatoms. The third kappa shape index (κ3) is 1.92. The lowest BCUT2D eigenvalue weighted by atomic mass is 9.86. The van der Waals surface area contributed by atoms with Crippen molar-refractivity contribution in [1.82, 2.24) is 0 Å². The van der Waals surface area contributed by atoms with Gasteiger partial charge < -0.3 is 5.73 Å². The summed E-state index contributed by atoms with van der Waals surface area (Å²) in [6, 6.07) is 20.9. The highest BCUT2D eigenvalue weighted by Gasteiger charge is 2.22. The molecule has 0 saturated heterocycles. The summed E-state index contributed by atoms with van der Waals surface area (Å²) in [6.07, 6.45) is 0. The molecule has 0 saturated carbocycles. The number of nitrogens with two attached hydrogens (primary N) is 1. The lowest BCUT2D eigenvalue weighted by Gasteiger charge is -2.25. The van der Waals surface area contributed by atoms with Gasteiger partial charge in [-0.15, -0.1) is 0 Å². The van der Waals surface area contributed by atoms with Crippen molar-refractivity contribution in [1.29, 1.82) is 0 Å². The van der Waals surface area contributed by atoms with E-state index in [1.54, 1.807) is 0 Å². The van der Waals surface area contributed by atoms with Crippen LogP contribution in [0.15, 0.2) is 54.6 Å². The zero-order valence-electron chi connectivity index (χ0n) is 8.77. The topological polar surface area (TPSA) is 26.0 Å². The van der Waals surface area contributed by atoms with Crippen LogP contribution in [0.1, 0.15) is 18.1 Å². The van der Waals surface area contributed by atoms with Crippen molar-refractivity contribution in [2.24, 2.45) is 5.73 Å². The fraction of sp³-hybridized carbons (Fsp3) is 0.143. The quantitative estimate of drug-likeness (QED) is 0.785. The van der Waals surface area contributed by atoms with E-state index in [4.69, 9.17) is 5.73 Å². The molecule has 0 amide bonds. The van der Waals surface area contributed by atoms with Crippen LogP contribution >= 0.6 is 0 Å². The first-order chi connectivity index (χ1) is 7.21. The minimum Gasteiger partial charge on any atom is -0.318 e. The van der Waals surface area contributed by atoms with Crippen LogP contribution in [0.2, 0.25) is 0 Å². The van der Waals surface area contributed by atoms with Crippen LogP contribution in [-0.2, 0) is 5.54 Å². The van der Waals surface area contributed by atoms with Crippen molar-refractivity contribution >= 4 is 0 Å². The van der Waals surface area contributed by atoms with Gasteiger partial charge >= 0.3 is 0 Å². The molecule has 1 nitrogen and oxygen atoms in total. The van der Waals surface area contributed by atoms with Crippen molar-refractivity contribution in [2.75, 3.05) is 0 Å². The Balaban J connectivity index is 2.44. The number of hydrogen-bond donors (Lipinski definition) is 1. The number of rotatable bonds is 2. The van der Waals surface area contributed by atoms with Crippen molar-refractivity contribution in [3.05, 3.63) is 71.8 Å². The molecule has 0 aliphatic carbocycles. The normalized spacial score (nSPS) is 11.3. The SMILES string of the molecule is CC(N)(c1cc[c]cc1)c1ccccc1. The molecule has 1 unspecified atom stereocenters. The molecule has 15 heavy (non-hydrogen) atoms. The first kappa shape index (κ1) is 9.94. The van der Waals surface area contributed by atoms with Gasteiger partial charge in [-0.25, -0.2) is 0 Å². The Morgan fingerprint density at radius 1 is 0.933 bits per heavy atom. The van der Waals surface area contributed by atoms with Crippen LogP contribution in [0, 0.1) is 6.07 Å². The molecule has 0 aliphatic rings. The summed E-state index contributed by atoms with van der Waals surface area (Å²) < 4.78 is 0. The van der Waals surface area contributed by atoms with Crippen LogP contribution in [0.4, 0.5) is 0 Å². The largest absolute Gasteiger partial charge is 0.318 e. The van der Waals surface area contributed by atoms with Crippen LogP contribution in [0.3, 0.4) is 0 Å². The van der Waals surface area contributed by atoms with Gasteiger partial charge in [-0.05, 0) is 24.1 Å². The minimum absolute atomic E-state index is 0.434. The molecule has 0 aromatic heterocycles. The summed E-state index contributed by atoms with van der Waals surface area (Å²) in [5.74, 6) is 0. The first-order valence-corrected chi connectivity index (χ1v) is 5.02. The highest BCUT2D eigenvalue weighted by molar-refractivity contribution is 5.36. The number of benzene rings is 2. The van der Waals surface area contributed by atoms with Crippen LogP contribution < -0.4 is 5.73 Å². The second kappa shape index (κ2) is 3.87. The lowest BCUT2D eigenvalue weighted by Crippen LogP contribution is -2.34. The second-order valence-electron chi connectivity index (χ2n) is 3.86. The van der Waals surface area contributed by atoms with E-state index in [-0.39, 0.29) is 0 Å².